The van der Waals surface area contributed by atoms with E-state index in [1.165, 1.54) is 51.4 Å². The third-order valence-corrected chi connectivity index (χ3v) is 8.91. The molecule has 0 bridgehead atoms. The van der Waals surface area contributed by atoms with Crippen molar-refractivity contribution in [1.29, 1.82) is 0 Å². The second kappa shape index (κ2) is 43.3. The van der Waals surface area contributed by atoms with Crippen LogP contribution in [0, 0.1) is 0 Å². The predicted molar refractivity (Wildman–Crippen MR) is 233 cm³/mol. The normalized spacial score (nSPS) is 12.9. The Morgan fingerprint density at radius 3 is 1.18 bits per heavy atom. The van der Waals surface area contributed by atoms with Gasteiger partial charge in [0.15, 0.2) is 6.10 Å². The number of esters is 3. The predicted octanol–water partition coefficient (Wildman–Crippen LogP) is 14.1. The molecule has 0 spiro atoms. The molecule has 6 nitrogen and oxygen atoms in total. The van der Waals surface area contributed by atoms with Crippen LogP contribution in [0.2, 0.25) is 0 Å². The van der Waals surface area contributed by atoms with Crippen LogP contribution in [0.1, 0.15) is 188 Å². The van der Waals surface area contributed by atoms with E-state index in [0.29, 0.717) is 19.3 Å². The van der Waals surface area contributed by atoms with Gasteiger partial charge in [-0.25, -0.2) is 0 Å². The van der Waals surface area contributed by atoms with Crippen LogP contribution >= 0.6 is 0 Å². The largest absolute Gasteiger partial charge is 0.462 e. The summed E-state index contributed by atoms with van der Waals surface area (Å²) in [5.74, 6) is -1.02. The monoisotopic (exact) mass is 765 g/mol. The van der Waals surface area contributed by atoms with E-state index < -0.39 is 12.1 Å². The smallest absolute Gasteiger partial charge is 0.306 e. The number of hydrogen-bond donors (Lipinski definition) is 0. The minimum atomic E-state index is -0.814. The van der Waals surface area contributed by atoms with Gasteiger partial charge in [-0.15, -0.1) is 0 Å². The third kappa shape index (κ3) is 41.6. The molecular formula is C49H80O6. The highest BCUT2D eigenvalue weighted by molar-refractivity contribution is 5.71. The van der Waals surface area contributed by atoms with E-state index in [1.54, 1.807) is 0 Å². The van der Waals surface area contributed by atoms with Crippen LogP contribution in [0.3, 0.4) is 0 Å². The van der Waals surface area contributed by atoms with Gasteiger partial charge in [-0.05, 0) is 77.0 Å². The van der Waals surface area contributed by atoms with E-state index in [2.05, 4.69) is 93.7 Å². The fraction of sp³-hybridized carbons (Fsp3) is 0.653. The summed E-state index contributed by atoms with van der Waals surface area (Å²) in [5, 5.41) is 0. The van der Waals surface area contributed by atoms with E-state index in [0.717, 1.165) is 89.9 Å². The molecule has 0 amide bonds. The molecule has 0 fully saturated rings. The number of allylic oxidation sites excluding steroid dienone is 14. The van der Waals surface area contributed by atoms with Gasteiger partial charge < -0.3 is 14.2 Å². The summed E-state index contributed by atoms with van der Waals surface area (Å²) in [6.45, 7) is 6.27. The lowest BCUT2D eigenvalue weighted by molar-refractivity contribution is -0.166. The molecule has 0 aliphatic heterocycles. The molecule has 55 heavy (non-hydrogen) atoms. The first kappa shape index (κ1) is 51.6. The molecule has 0 aliphatic rings. The van der Waals surface area contributed by atoms with Crippen LogP contribution in [0.5, 0.6) is 0 Å². The van der Waals surface area contributed by atoms with Crippen LogP contribution in [-0.4, -0.2) is 37.2 Å². The quantitative estimate of drug-likeness (QED) is 0.0270. The van der Waals surface area contributed by atoms with E-state index in [9.17, 15) is 14.4 Å². The first-order valence-corrected chi connectivity index (χ1v) is 22.1. The highest BCUT2D eigenvalue weighted by Gasteiger charge is 2.19. The molecule has 0 aromatic rings. The number of carbonyl (C=O) groups excluding carboxylic acids is 3. The van der Waals surface area contributed by atoms with Crippen molar-refractivity contribution in [3.05, 3.63) is 85.1 Å². The van der Waals surface area contributed by atoms with Gasteiger partial charge in [0.25, 0.3) is 0 Å². The van der Waals surface area contributed by atoms with Crippen molar-refractivity contribution in [2.75, 3.05) is 13.2 Å². The number of unbranched alkanes of at least 4 members (excludes halogenated alkanes) is 13. The second-order valence-electron chi connectivity index (χ2n) is 14.2. The maximum absolute atomic E-state index is 12.6. The molecule has 0 radical (unpaired) electrons. The van der Waals surface area contributed by atoms with Gasteiger partial charge in [-0.3, -0.25) is 14.4 Å². The van der Waals surface area contributed by atoms with Crippen LogP contribution < -0.4 is 0 Å². The Morgan fingerprint density at radius 1 is 0.382 bits per heavy atom. The molecule has 0 heterocycles. The maximum Gasteiger partial charge on any atom is 0.306 e. The standard InChI is InChI=1S/C49H80O6/c1-4-7-10-13-16-18-20-22-23-24-25-27-28-30-33-36-39-42-48(51)54-45-46(44-53-47(50)41-38-35-32-15-12-9-6-3)55-49(52)43-40-37-34-31-29-26-21-19-17-14-11-8-5-2/h7-8,10-11,16-19,22-23,26,29,34,37,46H,4-6,9,12-15,20-21,24-25,27-28,30-33,35-36,38-45H2,1-3H3/b10-7-,11-8-,18-16-,19-17-,23-22-,29-26-,37-34-. The lowest BCUT2D eigenvalue weighted by Gasteiger charge is -2.18. The van der Waals surface area contributed by atoms with Gasteiger partial charge in [0.2, 0.25) is 0 Å². The molecule has 1 atom stereocenters. The Balaban J connectivity index is 4.42. The summed E-state index contributed by atoms with van der Waals surface area (Å²) in [7, 11) is 0. The maximum atomic E-state index is 12.6. The molecule has 0 aliphatic carbocycles. The van der Waals surface area contributed by atoms with E-state index >= 15 is 0 Å². The Morgan fingerprint density at radius 2 is 0.745 bits per heavy atom. The minimum Gasteiger partial charge on any atom is -0.462 e. The first-order valence-electron chi connectivity index (χ1n) is 22.1. The number of ether oxygens (including phenoxy) is 3. The molecule has 6 heteroatoms. The lowest BCUT2D eigenvalue weighted by atomic mass is 10.1. The summed E-state index contributed by atoms with van der Waals surface area (Å²) < 4.78 is 16.6. The van der Waals surface area contributed by atoms with Crippen LogP contribution in [0.25, 0.3) is 0 Å². The Labute approximate surface area is 337 Å². The summed E-state index contributed by atoms with van der Waals surface area (Å²) in [5.41, 5.74) is 0. The van der Waals surface area contributed by atoms with Gasteiger partial charge in [0.1, 0.15) is 13.2 Å². The SMILES string of the molecule is CC/C=C\C/C=C\C/C=C\C/C=C\CCC(=O)OC(COC(=O)CCCCCCCCC)COC(=O)CCCCCCCCC/C=C\C/C=C\C/C=C\CC. The zero-order valence-electron chi connectivity index (χ0n) is 35.4. The summed E-state index contributed by atoms with van der Waals surface area (Å²) in [4.78, 5) is 37.5. The van der Waals surface area contributed by atoms with E-state index in [4.69, 9.17) is 14.2 Å². The number of rotatable bonds is 38. The van der Waals surface area contributed by atoms with Gasteiger partial charge in [-0.2, -0.15) is 0 Å². The molecular weight excluding hydrogens is 685 g/mol. The third-order valence-electron chi connectivity index (χ3n) is 8.91. The number of carbonyl (C=O) groups is 3. The van der Waals surface area contributed by atoms with Crippen molar-refractivity contribution in [3.63, 3.8) is 0 Å². The topological polar surface area (TPSA) is 78.9 Å². The van der Waals surface area contributed by atoms with Crippen molar-refractivity contribution in [2.24, 2.45) is 0 Å². The molecule has 0 rings (SSSR count). The average Bonchev–Trinajstić information content (AvgIpc) is 3.18. The molecule has 0 saturated carbocycles. The fourth-order valence-corrected chi connectivity index (χ4v) is 5.64. The van der Waals surface area contributed by atoms with Gasteiger partial charge in [0.05, 0.1) is 0 Å². The number of hydrogen-bond acceptors (Lipinski definition) is 6. The van der Waals surface area contributed by atoms with Crippen molar-refractivity contribution < 1.29 is 28.6 Å². The van der Waals surface area contributed by atoms with Crippen molar-refractivity contribution in [1.82, 2.24) is 0 Å². The Hall–Kier alpha value is -3.41. The first-order chi connectivity index (χ1) is 27.0. The fourth-order valence-electron chi connectivity index (χ4n) is 5.64. The lowest BCUT2D eigenvalue weighted by Crippen LogP contribution is -2.30. The van der Waals surface area contributed by atoms with Crippen molar-refractivity contribution >= 4 is 17.9 Å². The van der Waals surface area contributed by atoms with Crippen molar-refractivity contribution in [3.8, 4) is 0 Å². The minimum absolute atomic E-state index is 0.109. The molecule has 0 aromatic heterocycles. The van der Waals surface area contributed by atoms with Crippen LogP contribution in [-0.2, 0) is 28.6 Å². The molecule has 0 N–H and O–H groups in total. The second-order valence-corrected chi connectivity index (χ2v) is 14.2. The van der Waals surface area contributed by atoms with Crippen LogP contribution in [0.4, 0.5) is 0 Å². The Bertz CT molecular complexity index is 1110. The van der Waals surface area contributed by atoms with E-state index in [1.807, 2.05) is 12.2 Å². The molecule has 0 saturated heterocycles. The summed E-state index contributed by atoms with van der Waals surface area (Å²) in [6.07, 6.45) is 54.5. The molecule has 312 valence electrons. The van der Waals surface area contributed by atoms with Gasteiger partial charge in [-0.1, -0.05) is 176 Å². The summed E-state index contributed by atoms with van der Waals surface area (Å²) >= 11 is 0. The highest BCUT2D eigenvalue weighted by atomic mass is 16.6. The van der Waals surface area contributed by atoms with Crippen molar-refractivity contribution in [2.45, 2.75) is 194 Å². The van der Waals surface area contributed by atoms with Crippen LogP contribution in [0.15, 0.2) is 85.1 Å². The molecule has 1 unspecified atom stereocenters. The zero-order valence-corrected chi connectivity index (χ0v) is 35.4. The zero-order chi connectivity index (χ0) is 40.1. The Kier molecular flexibility index (Phi) is 40.6. The molecule has 0 aromatic carbocycles. The van der Waals surface area contributed by atoms with E-state index in [-0.39, 0.29) is 31.6 Å². The summed E-state index contributed by atoms with van der Waals surface area (Å²) in [6, 6.07) is 0. The van der Waals surface area contributed by atoms with Gasteiger partial charge in [0, 0.05) is 19.3 Å². The van der Waals surface area contributed by atoms with Gasteiger partial charge >= 0.3 is 17.9 Å². The highest BCUT2D eigenvalue weighted by Crippen LogP contribution is 2.12. The average molecular weight is 765 g/mol.